The van der Waals surface area contributed by atoms with Gasteiger partial charge in [-0.1, -0.05) is 12.1 Å². The van der Waals surface area contributed by atoms with E-state index in [1.54, 1.807) is 24.3 Å². The Morgan fingerprint density at radius 1 is 1.23 bits per heavy atom. The van der Waals surface area contributed by atoms with Crippen LogP contribution in [0.1, 0.15) is 12.0 Å². The van der Waals surface area contributed by atoms with Crippen molar-refractivity contribution < 1.29 is 23.8 Å². The van der Waals surface area contributed by atoms with Crippen molar-refractivity contribution in [3.05, 3.63) is 65.5 Å². The van der Waals surface area contributed by atoms with Crippen molar-refractivity contribution >= 4 is 23.6 Å². The summed E-state index contributed by atoms with van der Waals surface area (Å²) in [5.74, 6) is -1.60. The number of carbonyl (C=O) groups is 2. The number of ether oxygens (including phenoxy) is 1. The molecule has 0 aromatic heterocycles. The van der Waals surface area contributed by atoms with Gasteiger partial charge >= 0.3 is 5.97 Å². The number of benzene rings is 2. The minimum absolute atomic E-state index is 0.0126. The second-order valence-corrected chi connectivity index (χ2v) is 5.20. The third-order valence-electron chi connectivity index (χ3n) is 3.22. The monoisotopic (exact) mass is 354 g/mol. The molecule has 2 N–H and O–H groups in total. The molecule has 2 aromatic carbocycles. The lowest BCUT2D eigenvalue weighted by Gasteiger charge is -2.06. The second kappa shape index (κ2) is 8.99. The van der Waals surface area contributed by atoms with Crippen LogP contribution in [0, 0.1) is 17.1 Å². The molecule has 0 aliphatic rings. The zero-order valence-electron chi connectivity index (χ0n) is 13.6. The van der Waals surface area contributed by atoms with Crippen LogP contribution in [-0.2, 0) is 9.59 Å². The van der Waals surface area contributed by atoms with Crippen molar-refractivity contribution in [1.82, 2.24) is 0 Å². The van der Waals surface area contributed by atoms with Gasteiger partial charge in [-0.25, -0.2) is 4.39 Å². The maximum atomic E-state index is 12.9. The van der Waals surface area contributed by atoms with Crippen molar-refractivity contribution in [3.8, 4) is 11.8 Å². The SMILES string of the molecule is N#CC(=Cc1cccc(OCCC(=O)O)c1)C(=O)Nc1ccc(F)cc1. The van der Waals surface area contributed by atoms with Crippen molar-refractivity contribution in [2.45, 2.75) is 6.42 Å². The molecular formula is C19H15FN2O4. The smallest absolute Gasteiger partial charge is 0.306 e. The zero-order valence-corrected chi connectivity index (χ0v) is 13.6. The first-order valence-corrected chi connectivity index (χ1v) is 7.61. The Morgan fingerprint density at radius 2 is 1.96 bits per heavy atom. The van der Waals surface area contributed by atoms with Crippen LogP contribution < -0.4 is 10.1 Å². The molecule has 6 nitrogen and oxygen atoms in total. The van der Waals surface area contributed by atoms with Crippen LogP contribution >= 0.6 is 0 Å². The Morgan fingerprint density at radius 3 is 2.62 bits per heavy atom. The number of hydrogen-bond donors (Lipinski definition) is 2. The summed E-state index contributed by atoms with van der Waals surface area (Å²) in [7, 11) is 0. The third-order valence-corrected chi connectivity index (χ3v) is 3.22. The molecule has 0 fully saturated rings. The summed E-state index contributed by atoms with van der Waals surface area (Å²) < 4.78 is 18.2. The Hall–Kier alpha value is -3.66. The van der Waals surface area contributed by atoms with Crippen LogP contribution in [0.4, 0.5) is 10.1 Å². The quantitative estimate of drug-likeness (QED) is 0.587. The summed E-state index contributed by atoms with van der Waals surface area (Å²) in [6.07, 6.45) is 1.24. The molecule has 132 valence electrons. The predicted octanol–water partition coefficient (Wildman–Crippen LogP) is 3.22. The Labute approximate surface area is 149 Å². The van der Waals surface area contributed by atoms with Gasteiger partial charge in [-0.15, -0.1) is 0 Å². The van der Waals surface area contributed by atoms with Gasteiger partial charge in [0.2, 0.25) is 0 Å². The summed E-state index contributed by atoms with van der Waals surface area (Å²) in [5.41, 5.74) is 0.768. The fraction of sp³-hybridized carbons (Fsp3) is 0.105. The summed E-state index contributed by atoms with van der Waals surface area (Å²) >= 11 is 0. The highest BCUT2D eigenvalue weighted by Crippen LogP contribution is 2.17. The van der Waals surface area contributed by atoms with E-state index in [1.807, 2.05) is 6.07 Å². The van der Waals surface area contributed by atoms with Crippen LogP contribution in [0.15, 0.2) is 54.1 Å². The number of rotatable bonds is 7. The highest BCUT2D eigenvalue weighted by Gasteiger charge is 2.10. The first-order valence-electron chi connectivity index (χ1n) is 7.61. The topological polar surface area (TPSA) is 99.4 Å². The number of hydrogen-bond acceptors (Lipinski definition) is 4. The van der Waals surface area contributed by atoms with Gasteiger partial charge in [-0.05, 0) is 48.0 Å². The van der Waals surface area contributed by atoms with Gasteiger partial charge in [-0.2, -0.15) is 5.26 Å². The van der Waals surface area contributed by atoms with E-state index >= 15 is 0 Å². The van der Waals surface area contributed by atoms with E-state index in [1.165, 1.54) is 30.3 Å². The number of aliphatic carboxylic acids is 1. The first-order chi connectivity index (χ1) is 12.5. The van der Waals surface area contributed by atoms with Crippen LogP contribution in [-0.4, -0.2) is 23.6 Å². The van der Waals surface area contributed by atoms with Gasteiger partial charge in [0, 0.05) is 5.69 Å². The first kappa shape index (κ1) is 18.7. The molecule has 0 bridgehead atoms. The number of carbonyl (C=O) groups excluding carboxylic acids is 1. The Bertz CT molecular complexity index is 870. The number of amides is 1. The molecule has 26 heavy (non-hydrogen) atoms. The third kappa shape index (κ3) is 5.76. The lowest BCUT2D eigenvalue weighted by Crippen LogP contribution is -2.13. The maximum Gasteiger partial charge on any atom is 0.306 e. The summed E-state index contributed by atoms with van der Waals surface area (Å²) in [6.45, 7) is 0.0126. The van der Waals surface area contributed by atoms with E-state index in [2.05, 4.69) is 5.32 Å². The highest BCUT2D eigenvalue weighted by molar-refractivity contribution is 6.09. The lowest BCUT2D eigenvalue weighted by molar-refractivity contribution is -0.137. The van der Waals surface area contributed by atoms with E-state index in [0.717, 1.165) is 0 Å². The Balaban J connectivity index is 2.09. The fourth-order valence-electron chi connectivity index (χ4n) is 2.00. The van der Waals surface area contributed by atoms with Crippen molar-refractivity contribution in [2.75, 3.05) is 11.9 Å². The number of carboxylic acid groups (broad SMARTS) is 1. The molecule has 2 rings (SSSR count). The number of carboxylic acids is 1. The van der Waals surface area contributed by atoms with Gasteiger partial charge in [0.05, 0.1) is 13.0 Å². The predicted molar refractivity (Wildman–Crippen MR) is 92.8 cm³/mol. The molecule has 0 spiro atoms. The molecule has 2 aromatic rings. The van der Waals surface area contributed by atoms with Crippen LogP contribution in [0.25, 0.3) is 6.08 Å². The van der Waals surface area contributed by atoms with E-state index in [4.69, 9.17) is 9.84 Å². The maximum absolute atomic E-state index is 12.9. The van der Waals surface area contributed by atoms with Crippen LogP contribution in [0.2, 0.25) is 0 Å². The van der Waals surface area contributed by atoms with Crippen molar-refractivity contribution in [2.24, 2.45) is 0 Å². The average molecular weight is 354 g/mol. The van der Waals surface area contributed by atoms with Gasteiger partial charge < -0.3 is 15.2 Å². The Kier molecular flexibility index (Phi) is 6.46. The number of nitrogens with one attached hydrogen (secondary N) is 1. The molecule has 7 heteroatoms. The molecule has 0 aliphatic carbocycles. The van der Waals surface area contributed by atoms with Crippen LogP contribution in [0.3, 0.4) is 0 Å². The summed E-state index contributed by atoms with van der Waals surface area (Å²) in [6, 6.07) is 13.6. The van der Waals surface area contributed by atoms with Gasteiger partial charge in [-0.3, -0.25) is 9.59 Å². The summed E-state index contributed by atoms with van der Waals surface area (Å²) in [4.78, 5) is 22.7. The molecule has 0 radical (unpaired) electrons. The molecule has 1 amide bonds. The fourth-order valence-corrected chi connectivity index (χ4v) is 2.00. The molecular weight excluding hydrogens is 339 g/mol. The van der Waals surface area contributed by atoms with E-state index < -0.39 is 17.7 Å². The van der Waals surface area contributed by atoms with E-state index in [9.17, 15) is 19.2 Å². The normalized spacial score (nSPS) is 10.7. The summed E-state index contributed by atoms with van der Waals surface area (Å²) in [5, 5.41) is 20.3. The molecule has 0 atom stereocenters. The van der Waals surface area contributed by atoms with E-state index in [0.29, 0.717) is 17.0 Å². The number of halogens is 1. The number of nitrogens with zero attached hydrogens (tertiary/aromatic N) is 1. The van der Waals surface area contributed by atoms with Gasteiger partial charge in [0.15, 0.2) is 0 Å². The van der Waals surface area contributed by atoms with Crippen LogP contribution in [0.5, 0.6) is 5.75 Å². The molecule has 0 aliphatic heterocycles. The molecule has 0 saturated carbocycles. The standard InChI is InChI=1S/C19H15FN2O4/c20-15-4-6-16(7-5-15)22-19(25)14(12-21)10-13-2-1-3-17(11-13)26-9-8-18(23)24/h1-7,10-11H,8-9H2,(H,22,25)(H,23,24). The second-order valence-electron chi connectivity index (χ2n) is 5.20. The minimum atomic E-state index is -0.967. The van der Waals surface area contributed by atoms with Crippen molar-refractivity contribution in [3.63, 3.8) is 0 Å². The largest absolute Gasteiger partial charge is 0.493 e. The number of nitriles is 1. The van der Waals surface area contributed by atoms with Crippen molar-refractivity contribution in [1.29, 1.82) is 5.26 Å². The molecule has 0 saturated heterocycles. The van der Waals surface area contributed by atoms with Gasteiger partial charge in [0.25, 0.3) is 5.91 Å². The van der Waals surface area contributed by atoms with Gasteiger partial charge in [0.1, 0.15) is 23.2 Å². The zero-order chi connectivity index (χ0) is 18.9. The number of anilines is 1. The molecule has 0 heterocycles. The lowest BCUT2D eigenvalue weighted by atomic mass is 10.1. The highest BCUT2D eigenvalue weighted by atomic mass is 19.1. The molecule has 0 unspecified atom stereocenters. The van der Waals surface area contributed by atoms with E-state index in [-0.39, 0.29) is 18.6 Å². The average Bonchev–Trinajstić information content (AvgIpc) is 2.61. The minimum Gasteiger partial charge on any atom is -0.493 e.